The molecule has 1 aliphatic rings. The normalized spacial score (nSPS) is 16.4. The van der Waals surface area contributed by atoms with Gasteiger partial charge in [0.1, 0.15) is 5.56 Å². The summed E-state index contributed by atoms with van der Waals surface area (Å²) in [5.74, 6) is 0.165. The topological polar surface area (TPSA) is 104 Å². The zero-order chi connectivity index (χ0) is 14.0. The van der Waals surface area contributed by atoms with Crippen molar-refractivity contribution < 1.29 is 9.59 Å². The highest BCUT2D eigenvalue weighted by molar-refractivity contribution is 5.99. The lowest BCUT2D eigenvalue weighted by molar-refractivity contribution is -0.125. The number of amides is 2. The second-order valence-corrected chi connectivity index (χ2v) is 4.79. The van der Waals surface area contributed by atoms with E-state index in [2.05, 4.69) is 15.5 Å². The summed E-state index contributed by atoms with van der Waals surface area (Å²) >= 11 is 0. The van der Waals surface area contributed by atoms with Crippen molar-refractivity contribution in [2.75, 3.05) is 25.9 Å². The molecule has 1 fully saturated rings. The second kappa shape index (κ2) is 5.29. The summed E-state index contributed by atoms with van der Waals surface area (Å²) in [6.45, 7) is 2.91. The summed E-state index contributed by atoms with van der Waals surface area (Å²) in [6.07, 6.45) is 1.37. The van der Waals surface area contributed by atoms with Crippen molar-refractivity contribution in [2.45, 2.75) is 19.8 Å². The minimum atomic E-state index is -0.112. The van der Waals surface area contributed by atoms with Crippen LogP contribution in [0.15, 0.2) is 0 Å². The fourth-order valence-electron chi connectivity index (χ4n) is 2.42. The van der Waals surface area contributed by atoms with Crippen molar-refractivity contribution in [2.24, 2.45) is 5.92 Å². The molecule has 0 saturated carbocycles. The lowest BCUT2D eigenvalue weighted by Crippen LogP contribution is -2.42. The van der Waals surface area contributed by atoms with E-state index in [0.717, 1.165) is 0 Å². The predicted molar refractivity (Wildman–Crippen MR) is 70.4 cm³/mol. The molecule has 2 amide bonds. The zero-order valence-corrected chi connectivity index (χ0v) is 11.2. The van der Waals surface area contributed by atoms with Crippen LogP contribution in [-0.2, 0) is 4.79 Å². The molecule has 0 spiro atoms. The number of nitrogen functional groups attached to an aromatic ring is 1. The van der Waals surface area contributed by atoms with E-state index in [1.54, 1.807) is 18.9 Å². The van der Waals surface area contributed by atoms with Gasteiger partial charge in [-0.05, 0) is 19.8 Å². The van der Waals surface area contributed by atoms with E-state index in [0.29, 0.717) is 37.2 Å². The van der Waals surface area contributed by atoms with E-state index in [1.807, 2.05) is 0 Å². The summed E-state index contributed by atoms with van der Waals surface area (Å²) < 4.78 is 0. The monoisotopic (exact) mass is 265 g/mol. The quantitative estimate of drug-likeness (QED) is 0.694. The molecule has 0 atom stereocenters. The maximum absolute atomic E-state index is 12.3. The Balaban J connectivity index is 2.02. The van der Waals surface area contributed by atoms with Gasteiger partial charge in [-0.25, -0.2) is 0 Å². The molecule has 0 radical (unpaired) electrons. The number of H-pyrrole nitrogens is 1. The third-order valence-corrected chi connectivity index (χ3v) is 3.59. The molecule has 0 aromatic carbocycles. The molecule has 1 saturated heterocycles. The van der Waals surface area contributed by atoms with Crippen molar-refractivity contribution in [1.82, 2.24) is 20.4 Å². The van der Waals surface area contributed by atoms with Gasteiger partial charge < -0.3 is 16.0 Å². The molecule has 19 heavy (non-hydrogen) atoms. The first-order valence-corrected chi connectivity index (χ1v) is 6.36. The number of nitrogens with one attached hydrogen (secondary N) is 2. The summed E-state index contributed by atoms with van der Waals surface area (Å²) in [5, 5.41) is 9.18. The van der Waals surface area contributed by atoms with Gasteiger partial charge in [-0.15, -0.1) is 0 Å². The molecule has 0 unspecified atom stereocenters. The largest absolute Gasteiger partial charge is 0.382 e. The lowest BCUT2D eigenvalue weighted by Gasteiger charge is -2.31. The summed E-state index contributed by atoms with van der Waals surface area (Å²) in [7, 11) is 1.63. The van der Waals surface area contributed by atoms with Crippen LogP contribution in [0.4, 0.5) is 5.82 Å². The third kappa shape index (κ3) is 2.54. The van der Waals surface area contributed by atoms with Gasteiger partial charge in [0.15, 0.2) is 5.82 Å². The highest BCUT2D eigenvalue weighted by Crippen LogP contribution is 2.21. The van der Waals surface area contributed by atoms with Crippen molar-refractivity contribution in [1.29, 1.82) is 0 Å². The van der Waals surface area contributed by atoms with Gasteiger partial charge in [-0.2, -0.15) is 5.10 Å². The maximum Gasteiger partial charge on any atom is 0.259 e. The number of carbonyl (C=O) groups excluding carboxylic acids is 2. The van der Waals surface area contributed by atoms with Gasteiger partial charge in [-0.1, -0.05) is 0 Å². The number of rotatable bonds is 2. The first-order valence-electron chi connectivity index (χ1n) is 6.36. The first-order chi connectivity index (χ1) is 9.04. The minimum Gasteiger partial charge on any atom is -0.382 e. The second-order valence-electron chi connectivity index (χ2n) is 4.79. The van der Waals surface area contributed by atoms with Crippen LogP contribution in [-0.4, -0.2) is 47.0 Å². The van der Waals surface area contributed by atoms with Crippen LogP contribution in [0.2, 0.25) is 0 Å². The molecule has 4 N–H and O–H groups in total. The molecular formula is C12H19N5O2. The SMILES string of the molecule is CNC(=O)C1CCN(C(=O)c2c(N)n[nH]c2C)CC1. The van der Waals surface area contributed by atoms with E-state index in [4.69, 9.17) is 5.73 Å². The highest BCUT2D eigenvalue weighted by atomic mass is 16.2. The van der Waals surface area contributed by atoms with Crippen LogP contribution in [0.1, 0.15) is 28.9 Å². The number of aryl methyl sites for hydroxylation is 1. The first kappa shape index (κ1) is 13.4. The van der Waals surface area contributed by atoms with E-state index < -0.39 is 0 Å². The van der Waals surface area contributed by atoms with Crippen molar-refractivity contribution in [3.63, 3.8) is 0 Å². The van der Waals surface area contributed by atoms with Crippen LogP contribution in [0.25, 0.3) is 0 Å². The maximum atomic E-state index is 12.3. The Labute approximate surface area is 111 Å². The molecule has 2 rings (SSSR count). The molecule has 1 aliphatic heterocycles. The predicted octanol–water partition coefficient (Wildman–Crippen LogP) is -0.101. The molecule has 104 valence electrons. The molecule has 1 aromatic heterocycles. The fourth-order valence-corrected chi connectivity index (χ4v) is 2.42. The Morgan fingerprint density at radius 1 is 1.42 bits per heavy atom. The molecule has 0 aliphatic carbocycles. The number of likely N-dealkylation sites (tertiary alicyclic amines) is 1. The molecule has 7 heteroatoms. The van der Waals surface area contributed by atoms with Crippen LogP contribution in [0.5, 0.6) is 0 Å². The van der Waals surface area contributed by atoms with E-state index >= 15 is 0 Å². The highest BCUT2D eigenvalue weighted by Gasteiger charge is 2.29. The Hall–Kier alpha value is -2.05. The van der Waals surface area contributed by atoms with Gasteiger partial charge in [-0.3, -0.25) is 14.7 Å². The van der Waals surface area contributed by atoms with Crippen LogP contribution < -0.4 is 11.1 Å². The van der Waals surface area contributed by atoms with Crippen LogP contribution >= 0.6 is 0 Å². The molecule has 0 bridgehead atoms. The van der Waals surface area contributed by atoms with Crippen molar-refractivity contribution in [3.8, 4) is 0 Å². The van der Waals surface area contributed by atoms with Crippen molar-refractivity contribution in [3.05, 3.63) is 11.3 Å². The van der Waals surface area contributed by atoms with Gasteiger partial charge in [0.05, 0.1) is 0 Å². The standard InChI is InChI=1S/C12H19N5O2/c1-7-9(10(13)16-15-7)12(19)17-5-3-8(4-6-17)11(18)14-2/h8H,3-6H2,1-2H3,(H,14,18)(H3,13,15,16). The van der Waals surface area contributed by atoms with Crippen LogP contribution in [0.3, 0.4) is 0 Å². The van der Waals surface area contributed by atoms with E-state index in [1.165, 1.54) is 0 Å². The number of hydrogen-bond acceptors (Lipinski definition) is 4. The summed E-state index contributed by atoms with van der Waals surface area (Å²) in [6, 6.07) is 0. The number of piperidine rings is 1. The Kier molecular flexibility index (Phi) is 3.73. The minimum absolute atomic E-state index is 0.00292. The number of aromatic nitrogens is 2. The Morgan fingerprint density at radius 3 is 2.53 bits per heavy atom. The molecule has 7 nitrogen and oxygen atoms in total. The van der Waals surface area contributed by atoms with Gasteiger partial charge in [0.25, 0.3) is 5.91 Å². The smallest absolute Gasteiger partial charge is 0.259 e. The Morgan fingerprint density at radius 2 is 2.05 bits per heavy atom. The van der Waals surface area contributed by atoms with E-state index in [9.17, 15) is 9.59 Å². The zero-order valence-electron chi connectivity index (χ0n) is 11.2. The number of aromatic amines is 1. The van der Waals surface area contributed by atoms with Crippen LogP contribution in [0, 0.1) is 12.8 Å². The molecule has 2 heterocycles. The lowest BCUT2D eigenvalue weighted by atomic mass is 9.95. The third-order valence-electron chi connectivity index (χ3n) is 3.59. The number of carbonyl (C=O) groups is 2. The fraction of sp³-hybridized carbons (Fsp3) is 0.583. The van der Waals surface area contributed by atoms with Gasteiger partial charge >= 0.3 is 0 Å². The number of nitrogens with two attached hydrogens (primary N) is 1. The average molecular weight is 265 g/mol. The van der Waals surface area contributed by atoms with Crippen molar-refractivity contribution >= 4 is 17.6 Å². The van der Waals surface area contributed by atoms with Gasteiger partial charge in [0.2, 0.25) is 5.91 Å². The number of nitrogens with zero attached hydrogens (tertiary/aromatic N) is 2. The molecular weight excluding hydrogens is 246 g/mol. The number of anilines is 1. The summed E-state index contributed by atoms with van der Waals surface area (Å²) in [5.41, 5.74) is 6.81. The van der Waals surface area contributed by atoms with E-state index in [-0.39, 0.29) is 23.6 Å². The summed E-state index contributed by atoms with van der Waals surface area (Å²) in [4.78, 5) is 25.6. The van der Waals surface area contributed by atoms with Gasteiger partial charge in [0, 0.05) is 31.7 Å². The molecule has 1 aromatic rings. The average Bonchev–Trinajstić information content (AvgIpc) is 2.77. The number of hydrogen-bond donors (Lipinski definition) is 3. The Bertz CT molecular complexity index is 469.